The SMILES string of the molecule is COc1cc2c(cc1OC)N(CC1CNC1)C(N)N(C1CCN(Cc3c(OCCN(C)C)cccc3N(C)C)CC1)C2N. The summed E-state index contributed by atoms with van der Waals surface area (Å²) in [6.45, 7) is 7.19. The predicted octanol–water partition coefficient (Wildman–Crippen LogP) is 1.92. The normalized spacial score (nSPS) is 21.9. The maximum atomic E-state index is 7.09. The van der Waals surface area contributed by atoms with Crippen LogP contribution in [0.2, 0.25) is 0 Å². The Bertz CT molecular complexity index is 1220. The van der Waals surface area contributed by atoms with E-state index >= 15 is 0 Å². The fraction of sp³-hybridized carbons (Fsp3) is 0.625. The summed E-state index contributed by atoms with van der Waals surface area (Å²) in [7, 11) is 11.7. The van der Waals surface area contributed by atoms with Crippen molar-refractivity contribution in [2.24, 2.45) is 17.4 Å². The minimum Gasteiger partial charge on any atom is -0.493 e. The van der Waals surface area contributed by atoms with E-state index in [-0.39, 0.29) is 18.5 Å². The lowest BCUT2D eigenvalue weighted by atomic mass is 9.95. The highest BCUT2D eigenvalue weighted by atomic mass is 16.5. The van der Waals surface area contributed by atoms with Gasteiger partial charge in [-0.2, -0.15) is 0 Å². The van der Waals surface area contributed by atoms with Crippen LogP contribution < -0.4 is 40.8 Å². The molecule has 2 saturated heterocycles. The zero-order valence-corrected chi connectivity index (χ0v) is 26.9. The number of methoxy groups -OCH3 is 2. The van der Waals surface area contributed by atoms with Gasteiger partial charge in [0.05, 0.1) is 20.4 Å². The zero-order valence-electron chi connectivity index (χ0n) is 26.9. The van der Waals surface area contributed by atoms with Crippen molar-refractivity contribution in [1.29, 1.82) is 0 Å². The molecule has 238 valence electrons. The number of hydrogen-bond acceptors (Lipinski definition) is 11. The molecule has 0 saturated carbocycles. The fourth-order valence-corrected chi connectivity index (χ4v) is 6.61. The van der Waals surface area contributed by atoms with E-state index in [0.29, 0.717) is 24.0 Å². The lowest BCUT2D eigenvalue weighted by Gasteiger charge is -2.53. The van der Waals surface area contributed by atoms with Crippen LogP contribution in [0.1, 0.15) is 30.1 Å². The first kappa shape index (κ1) is 31.6. The number of hydrogen-bond donors (Lipinski definition) is 3. The Morgan fingerprint density at radius 1 is 0.953 bits per heavy atom. The number of nitrogens with two attached hydrogens (primary N) is 2. The standard InChI is InChI=1S/C32H52N8O3/c1-36(2)14-15-43-28-9-7-8-26(37(3)4)25(28)21-38-12-10-23(11-13-38)40-31(33)24-16-29(41-5)30(42-6)17-27(24)39(32(40)34)20-22-18-35-19-22/h7-9,16-17,22-23,31-32,35H,10-15,18-21,33-34H2,1-6H3. The smallest absolute Gasteiger partial charge is 0.162 e. The summed E-state index contributed by atoms with van der Waals surface area (Å²) in [6.07, 6.45) is 1.33. The average Bonchev–Trinajstić information content (AvgIpc) is 2.96. The molecule has 0 spiro atoms. The molecule has 3 heterocycles. The van der Waals surface area contributed by atoms with Crippen LogP contribution in [0.25, 0.3) is 0 Å². The van der Waals surface area contributed by atoms with Gasteiger partial charge in [-0.1, -0.05) is 6.07 Å². The van der Waals surface area contributed by atoms with Crippen LogP contribution in [-0.2, 0) is 6.54 Å². The summed E-state index contributed by atoms with van der Waals surface area (Å²) in [5, 5.41) is 3.40. The van der Waals surface area contributed by atoms with Gasteiger partial charge >= 0.3 is 0 Å². The maximum absolute atomic E-state index is 7.09. The van der Waals surface area contributed by atoms with Gasteiger partial charge in [0.25, 0.3) is 0 Å². The highest BCUT2D eigenvalue weighted by Gasteiger charge is 2.42. The Morgan fingerprint density at radius 3 is 2.26 bits per heavy atom. The molecule has 2 unspecified atom stereocenters. The van der Waals surface area contributed by atoms with Crippen LogP contribution in [0.5, 0.6) is 17.2 Å². The second-order valence-electron chi connectivity index (χ2n) is 12.6. The molecule has 2 aromatic rings. The highest BCUT2D eigenvalue weighted by Crippen LogP contribution is 2.44. The van der Waals surface area contributed by atoms with Gasteiger partial charge in [0.15, 0.2) is 11.5 Å². The molecule has 11 heteroatoms. The average molecular weight is 597 g/mol. The molecule has 5 rings (SSSR count). The maximum Gasteiger partial charge on any atom is 0.162 e. The van der Waals surface area contributed by atoms with Crippen molar-refractivity contribution >= 4 is 11.4 Å². The van der Waals surface area contributed by atoms with Gasteiger partial charge in [0.2, 0.25) is 0 Å². The third-order valence-corrected chi connectivity index (χ3v) is 9.17. The van der Waals surface area contributed by atoms with Crippen molar-refractivity contribution in [2.75, 3.05) is 98.1 Å². The monoisotopic (exact) mass is 596 g/mol. The van der Waals surface area contributed by atoms with Gasteiger partial charge < -0.3 is 40.0 Å². The number of piperidine rings is 1. The van der Waals surface area contributed by atoms with Crippen LogP contribution in [0.4, 0.5) is 11.4 Å². The number of rotatable bonds is 12. The summed E-state index contributed by atoms with van der Waals surface area (Å²) in [6, 6.07) is 10.7. The van der Waals surface area contributed by atoms with Crippen LogP contribution in [-0.4, -0.2) is 115 Å². The molecule has 0 aromatic heterocycles. The van der Waals surface area contributed by atoms with Crippen LogP contribution in [0, 0.1) is 5.92 Å². The second-order valence-corrected chi connectivity index (χ2v) is 12.6. The molecule has 2 aromatic carbocycles. The van der Waals surface area contributed by atoms with Gasteiger partial charge in [-0.25, -0.2) is 4.90 Å². The summed E-state index contributed by atoms with van der Waals surface area (Å²) in [4.78, 5) is 11.5. The molecule has 43 heavy (non-hydrogen) atoms. The topological polar surface area (TPSA) is 108 Å². The number of anilines is 2. The summed E-state index contributed by atoms with van der Waals surface area (Å²) in [5.74, 6) is 2.91. The van der Waals surface area contributed by atoms with E-state index in [1.54, 1.807) is 14.2 Å². The Morgan fingerprint density at radius 2 is 1.65 bits per heavy atom. The lowest BCUT2D eigenvalue weighted by Crippen LogP contribution is -2.66. The number of nitrogens with zero attached hydrogens (tertiary/aromatic N) is 5. The number of benzene rings is 2. The molecule has 3 aliphatic heterocycles. The quantitative estimate of drug-likeness (QED) is 0.335. The number of fused-ring (bicyclic) bond motifs is 1. The molecule has 2 fully saturated rings. The van der Waals surface area contributed by atoms with Gasteiger partial charge in [-0.3, -0.25) is 10.6 Å². The minimum absolute atomic E-state index is 0.268. The zero-order chi connectivity index (χ0) is 30.7. The van der Waals surface area contributed by atoms with Gasteiger partial charge in [0, 0.05) is 87.3 Å². The van der Waals surface area contributed by atoms with Crippen molar-refractivity contribution in [2.45, 2.75) is 37.9 Å². The van der Waals surface area contributed by atoms with E-state index in [1.807, 2.05) is 12.1 Å². The fourth-order valence-electron chi connectivity index (χ4n) is 6.61. The summed E-state index contributed by atoms with van der Waals surface area (Å²) in [5.41, 5.74) is 18.6. The van der Waals surface area contributed by atoms with E-state index < -0.39 is 0 Å². The Labute approximate surface area is 257 Å². The molecular weight excluding hydrogens is 544 g/mol. The van der Waals surface area contributed by atoms with Crippen molar-refractivity contribution in [3.63, 3.8) is 0 Å². The molecule has 0 amide bonds. The van der Waals surface area contributed by atoms with Crippen molar-refractivity contribution in [3.05, 3.63) is 41.5 Å². The lowest BCUT2D eigenvalue weighted by molar-refractivity contribution is 0.0265. The first-order valence-electron chi connectivity index (χ1n) is 15.5. The second kappa shape index (κ2) is 13.9. The Hall–Kier alpha value is -2.80. The van der Waals surface area contributed by atoms with Gasteiger partial charge in [-0.15, -0.1) is 0 Å². The molecule has 3 aliphatic rings. The Balaban J connectivity index is 1.33. The van der Waals surface area contributed by atoms with E-state index in [4.69, 9.17) is 25.7 Å². The van der Waals surface area contributed by atoms with Crippen molar-refractivity contribution in [3.8, 4) is 17.2 Å². The van der Waals surface area contributed by atoms with Crippen molar-refractivity contribution in [1.82, 2.24) is 20.0 Å². The molecule has 5 N–H and O–H groups in total. The minimum atomic E-state index is -0.330. The van der Waals surface area contributed by atoms with Crippen LogP contribution in [0.15, 0.2) is 30.3 Å². The van der Waals surface area contributed by atoms with Crippen LogP contribution in [0.3, 0.4) is 0 Å². The number of nitrogens with one attached hydrogen (secondary N) is 1. The predicted molar refractivity (Wildman–Crippen MR) is 173 cm³/mol. The van der Waals surface area contributed by atoms with E-state index in [1.165, 1.54) is 11.3 Å². The number of likely N-dealkylation sites (tertiary alicyclic amines) is 1. The molecule has 0 aliphatic carbocycles. The van der Waals surface area contributed by atoms with E-state index in [9.17, 15) is 0 Å². The molecular formula is C32H52N8O3. The third-order valence-electron chi connectivity index (χ3n) is 9.17. The summed E-state index contributed by atoms with van der Waals surface area (Å²) < 4.78 is 17.6. The highest BCUT2D eigenvalue weighted by molar-refractivity contribution is 5.65. The molecule has 0 bridgehead atoms. The number of likely N-dealkylation sites (N-methyl/N-ethyl adjacent to an activating group) is 1. The number of ether oxygens (including phenoxy) is 3. The third kappa shape index (κ3) is 6.82. The Kier molecular flexibility index (Phi) is 10.2. The first-order valence-corrected chi connectivity index (χ1v) is 15.5. The van der Waals surface area contributed by atoms with E-state index in [2.05, 4.69) is 76.2 Å². The van der Waals surface area contributed by atoms with Crippen LogP contribution >= 0.6 is 0 Å². The largest absolute Gasteiger partial charge is 0.493 e. The molecule has 2 atom stereocenters. The van der Waals surface area contributed by atoms with Crippen molar-refractivity contribution < 1.29 is 14.2 Å². The molecule has 0 radical (unpaired) electrons. The first-order chi connectivity index (χ1) is 20.7. The van der Waals surface area contributed by atoms with Gasteiger partial charge in [-0.05, 0) is 58.2 Å². The van der Waals surface area contributed by atoms with E-state index in [0.717, 1.165) is 75.7 Å². The molecule has 11 nitrogen and oxygen atoms in total. The summed E-state index contributed by atoms with van der Waals surface area (Å²) >= 11 is 0. The van der Waals surface area contributed by atoms with Gasteiger partial charge in [0.1, 0.15) is 18.6 Å².